The third kappa shape index (κ3) is 4.49. The molecule has 0 aromatic heterocycles. The van der Waals surface area contributed by atoms with Crippen molar-refractivity contribution in [1.82, 2.24) is 10.2 Å². The number of esters is 1. The second-order valence-electron chi connectivity index (χ2n) is 12.7. The molecule has 3 aliphatic heterocycles. The van der Waals surface area contributed by atoms with Crippen molar-refractivity contribution in [2.24, 2.45) is 29.1 Å². The van der Waals surface area contributed by atoms with Gasteiger partial charge in [0.2, 0.25) is 11.8 Å². The fourth-order valence-corrected chi connectivity index (χ4v) is 9.41. The van der Waals surface area contributed by atoms with Gasteiger partial charge in [0.05, 0.1) is 35.8 Å². The van der Waals surface area contributed by atoms with Gasteiger partial charge in [-0.3, -0.25) is 14.4 Å². The van der Waals surface area contributed by atoms with Gasteiger partial charge in [-0.2, -0.15) is 0 Å². The first-order valence-electron chi connectivity index (χ1n) is 12.7. The molecule has 34 heavy (non-hydrogen) atoms. The van der Waals surface area contributed by atoms with Gasteiger partial charge >= 0.3 is 5.97 Å². The van der Waals surface area contributed by atoms with Crippen LogP contribution in [0.2, 0.25) is 0 Å². The summed E-state index contributed by atoms with van der Waals surface area (Å²) in [7, 11) is 0. The maximum atomic E-state index is 14.1. The average molecular weight is 497 g/mol. The largest absolute Gasteiger partial charge is 0.466 e. The van der Waals surface area contributed by atoms with Crippen LogP contribution in [0.4, 0.5) is 0 Å². The molecule has 0 aliphatic carbocycles. The Morgan fingerprint density at radius 2 is 1.88 bits per heavy atom. The van der Waals surface area contributed by atoms with Crippen molar-refractivity contribution in [3.63, 3.8) is 0 Å². The first kappa shape index (κ1) is 27.3. The molecule has 3 saturated heterocycles. The Morgan fingerprint density at radius 3 is 2.38 bits per heavy atom. The predicted molar refractivity (Wildman–Crippen MR) is 134 cm³/mol. The number of hydrogen-bond donors (Lipinski definition) is 2. The van der Waals surface area contributed by atoms with Crippen molar-refractivity contribution >= 4 is 29.5 Å². The van der Waals surface area contributed by atoms with Crippen LogP contribution in [0.25, 0.3) is 0 Å². The number of carbonyl (C=O) groups is 3. The zero-order valence-corrected chi connectivity index (χ0v) is 23.1. The van der Waals surface area contributed by atoms with Crippen LogP contribution in [0, 0.1) is 29.1 Å². The smallest absolute Gasteiger partial charge is 0.310 e. The summed E-state index contributed by atoms with van der Waals surface area (Å²) in [6, 6.07) is -1.24. The Balaban J connectivity index is 2.08. The van der Waals surface area contributed by atoms with E-state index in [4.69, 9.17) is 4.74 Å². The Labute approximate surface area is 209 Å². The summed E-state index contributed by atoms with van der Waals surface area (Å²) < 4.78 is 4.69. The number of aliphatic hydroxyl groups excluding tert-OH is 1. The number of nitrogens with zero attached hydrogens (tertiary/aromatic N) is 1. The number of hydrogen-bond acceptors (Lipinski definition) is 6. The van der Waals surface area contributed by atoms with Gasteiger partial charge in [-0.15, -0.1) is 11.8 Å². The number of amides is 2. The fourth-order valence-electron chi connectivity index (χ4n) is 7.01. The first-order valence-corrected chi connectivity index (χ1v) is 13.6. The highest BCUT2D eigenvalue weighted by Crippen LogP contribution is 2.69. The van der Waals surface area contributed by atoms with Crippen LogP contribution in [0.5, 0.6) is 0 Å². The Kier molecular flexibility index (Phi) is 7.47. The molecule has 2 N–H and O–H groups in total. The minimum Gasteiger partial charge on any atom is -0.466 e. The normalized spacial score (nSPS) is 33.9. The minimum atomic E-state index is -0.742. The maximum absolute atomic E-state index is 14.1. The predicted octanol–water partition coefficient (Wildman–Crippen LogP) is 3.23. The van der Waals surface area contributed by atoms with E-state index >= 15 is 0 Å². The Morgan fingerprint density at radius 1 is 1.26 bits per heavy atom. The lowest BCUT2D eigenvalue weighted by Crippen LogP contribution is -2.62. The number of rotatable bonds is 8. The summed E-state index contributed by atoms with van der Waals surface area (Å²) in [6.45, 7) is 18.3. The van der Waals surface area contributed by atoms with Crippen molar-refractivity contribution in [1.29, 1.82) is 0 Å². The molecular weight excluding hydrogens is 452 g/mol. The average Bonchev–Trinajstić information content (AvgIpc) is 3.24. The second kappa shape index (κ2) is 9.30. The number of thioether (sulfide) groups is 1. The zero-order valence-electron chi connectivity index (χ0n) is 22.3. The number of aliphatic hydroxyl groups is 1. The summed E-state index contributed by atoms with van der Waals surface area (Å²) in [4.78, 5) is 42.8. The summed E-state index contributed by atoms with van der Waals surface area (Å²) in [5, 5.41) is 13.5. The van der Waals surface area contributed by atoms with Crippen molar-refractivity contribution in [3.05, 3.63) is 0 Å². The molecule has 0 aromatic carbocycles. The summed E-state index contributed by atoms with van der Waals surface area (Å²) in [5.41, 5.74) is -0.465. The van der Waals surface area contributed by atoms with Crippen molar-refractivity contribution in [2.45, 2.75) is 103 Å². The van der Waals surface area contributed by atoms with E-state index in [2.05, 4.69) is 33.0 Å². The van der Waals surface area contributed by atoms with Gasteiger partial charge in [-0.25, -0.2) is 0 Å². The van der Waals surface area contributed by atoms with E-state index in [1.165, 1.54) is 0 Å². The number of nitrogens with one attached hydrogen (secondary N) is 1. The molecule has 7 nitrogen and oxygen atoms in total. The molecular formula is C26H44N2O5S. The van der Waals surface area contributed by atoms with Crippen molar-refractivity contribution in [2.75, 3.05) is 13.2 Å². The highest BCUT2D eigenvalue weighted by atomic mass is 32.2. The number of likely N-dealkylation sites (tertiary alicyclic amines) is 1. The molecule has 7 atom stereocenters. The lowest BCUT2D eigenvalue weighted by atomic mass is 9.66. The molecule has 194 valence electrons. The van der Waals surface area contributed by atoms with E-state index in [0.717, 1.165) is 12.8 Å². The zero-order chi connectivity index (χ0) is 25.8. The summed E-state index contributed by atoms with van der Waals surface area (Å²) in [5.74, 6) is -1.84. The second-order valence-corrected chi connectivity index (χ2v) is 14.2. The van der Waals surface area contributed by atoms with E-state index in [-0.39, 0.29) is 53.5 Å². The van der Waals surface area contributed by atoms with Crippen LogP contribution in [-0.4, -0.2) is 68.6 Å². The molecule has 3 aliphatic rings. The van der Waals surface area contributed by atoms with Crippen LogP contribution in [0.3, 0.4) is 0 Å². The molecule has 2 amide bonds. The quantitative estimate of drug-likeness (QED) is 0.501. The fraction of sp³-hybridized carbons (Fsp3) is 0.885. The van der Waals surface area contributed by atoms with E-state index in [0.29, 0.717) is 0 Å². The molecule has 3 rings (SSSR count). The molecule has 0 aromatic rings. The highest BCUT2D eigenvalue weighted by Gasteiger charge is 2.77. The third-order valence-electron chi connectivity index (χ3n) is 7.74. The van der Waals surface area contributed by atoms with Gasteiger partial charge in [-0.05, 0) is 50.9 Å². The monoisotopic (exact) mass is 496 g/mol. The van der Waals surface area contributed by atoms with E-state index in [9.17, 15) is 19.5 Å². The van der Waals surface area contributed by atoms with Gasteiger partial charge in [0.25, 0.3) is 0 Å². The number of fused-ring (bicyclic) bond motifs is 1. The van der Waals surface area contributed by atoms with E-state index in [1.807, 2.05) is 27.7 Å². The minimum absolute atomic E-state index is 0.0111. The molecule has 3 unspecified atom stereocenters. The van der Waals surface area contributed by atoms with Gasteiger partial charge in [0.1, 0.15) is 6.04 Å². The summed E-state index contributed by atoms with van der Waals surface area (Å²) >= 11 is 1.64. The Bertz CT molecular complexity index is 822. The molecule has 3 heterocycles. The molecule has 1 spiro atoms. The molecule has 0 radical (unpaired) electrons. The first-order chi connectivity index (χ1) is 15.6. The van der Waals surface area contributed by atoms with Crippen LogP contribution >= 0.6 is 11.8 Å². The maximum Gasteiger partial charge on any atom is 0.310 e. The van der Waals surface area contributed by atoms with Crippen LogP contribution in [0.1, 0.15) is 75.2 Å². The molecule has 0 saturated carbocycles. The van der Waals surface area contributed by atoms with Crippen molar-refractivity contribution < 1.29 is 24.2 Å². The topological polar surface area (TPSA) is 95.9 Å². The van der Waals surface area contributed by atoms with E-state index < -0.39 is 34.2 Å². The van der Waals surface area contributed by atoms with Gasteiger partial charge in [-0.1, -0.05) is 41.5 Å². The standard InChI is InChI=1S/C26H44N2O5S/c1-10-33-23(32)18-17-11-15(4)26(34-17)19(18)22(31)28(16(12-29)14(2)3)20(26)21(30)27-25(8,9)13-24(5,6)7/h14-20,29H,10-13H2,1-9H3,(H,27,30)/t15?,16-,17-,18+,19-,20?,26?/m0/s1. The van der Waals surface area contributed by atoms with Gasteiger partial charge in [0.15, 0.2) is 0 Å². The molecule has 2 bridgehead atoms. The lowest BCUT2D eigenvalue weighted by Gasteiger charge is -2.43. The van der Waals surface area contributed by atoms with Crippen LogP contribution in [0.15, 0.2) is 0 Å². The number of ether oxygens (including phenoxy) is 1. The van der Waals surface area contributed by atoms with E-state index in [1.54, 1.807) is 23.6 Å². The molecule has 3 fully saturated rings. The lowest BCUT2D eigenvalue weighted by molar-refractivity contribution is -0.154. The van der Waals surface area contributed by atoms with Crippen LogP contribution < -0.4 is 5.32 Å². The SMILES string of the molecule is CCOC(=O)[C@@H]1[C@@H]2CC(C)C3(S2)C(C(=O)NC(C)(C)CC(C)(C)C)N([C@@H](CO)C(C)C)C(=O)[C@H]13. The van der Waals surface area contributed by atoms with Gasteiger partial charge < -0.3 is 20.1 Å². The Hall–Kier alpha value is -1.28. The van der Waals surface area contributed by atoms with Gasteiger partial charge in [0, 0.05) is 10.8 Å². The van der Waals surface area contributed by atoms with Crippen LogP contribution in [-0.2, 0) is 19.1 Å². The van der Waals surface area contributed by atoms with Crippen molar-refractivity contribution in [3.8, 4) is 0 Å². The highest BCUT2D eigenvalue weighted by molar-refractivity contribution is 8.02. The summed E-state index contributed by atoms with van der Waals surface area (Å²) in [6.07, 6.45) is 1.54. The number of carbonyl (C=O) groups excluding carboxylic acids is 3. The molecule has 8 heteroatoms. The third-order valence-corrected chi connectivity index (χ3v) is 9.81.